The van der Waals surface area contributed by atoms with Crippen LogP contribution in [0.1, 0.15) is 57.9 Å². The second-order valence-electron chi connectivity index (χ2n) is 6.26. The highest BCUT2D eigenvalue weighted by molar-refractivity contribution is 5.80. The van der Waals surface area contributed by atoms with E-state index in [1.165, 1.54) is 19.3 Å². The van der Waals surface area contributed by atoms with E-state index in [0.717, 1.165) is 42.3 Å². The summed E-state index contributed by atoms with van der Waals surface area (Å²) >= 11 is 0. The maximum Gasteiger partial charge on any atom is 0.345 e. The Morgan fingerprint density at radius 1 is 1.29 bits per heavy atom. The summed E-state index contributed by atoms with van der Waals surface area (Å²) in [6.45, 7) is 5.26. The molecule has 0 amide bonds. The van der Waals surface area contributed by atoms with Crippen molar-refractivity contribution >= 4 is 17.0 Å². The van der Waals surface area contributed by atoms with Gasteiger partial charge in [-0.3, -0.25) is 0 Å². The molecule has 24 heavy (non-hydrogen) atoms. The summed E-state index contributed by atoms with van der Waals surface area (Å²) in [5.41, 5.74) is 1.64. The molecular weight excluding hydrogens is 300 g/mol. The van der Waals surface area contributed by atoms with E-state index in [0.29, 0.717) is 6.10 Å². The smallest absolute Gasteiger partial charge is 0.345 e. The molecule has 1 N–H and O–H groups in total. The number of nitrogens with zero attached hydrogens (tertiary/aromatic N) is 1. The molecule has 0 radical (unpaired) electrons. The van der Waals surface area contributed by atoms with Gasteiger partial charge in [-0.1, -0.05) is 38.0 Å². The molecule has 0 aliphatic carbocycles. The van der Waals surface area contributed by atoms with Gasteiger partial charge in [0.05, 0.1) is 11.6 Å². The molecule has 2 aromatic rings. The largest absolute Gasteiger partial charge is 0.379 e. The highest BCUT2D eigenvalue weighted by Crippen LogP contribution is 2.14. The quantitative estimate of drug-likeness (QED) is 0.643. The van der Waals surface area contributed by atoms with Crippen LogP contribution in [0.15, 0.2) is 35.3 Å². The average molecular weight is 328 g/mol. The number of H-pyrrole nitrogens is 1. The molecule has 0 bridgehead atoms. The molecule has 2 rings (SSSR count). The molecule has 0 aliphatic heterocycles. The first kappa shape index (κ1) is 18.4. The molecule has 1 atom stereocenters. The molecule has 0 fully saturated rings. The first-order valence-electron chi connectivity index (χ1n) is 8.96. The number of hydrogen-bond donors (Lipinski definition) is 1. The van der Waals surface area contributed by atoms with Crippen LogP contribution in [-0.2, 0) is 4.74 Å². The van der Waals surface area contributed by atoms with Crippen molar-refractivity contribution in [2.24, 2.45) is 0 Å². The lowest BCUT2D eigenvalue weighted by atomic mass is 10.1. The van der Waals surface area contributed by atoms with Gasteiger partial charge in [0.25, 0.3) is 0 Å². The number of aromatic amines is 1. The topological polar surface area (TPSA) is 55.0 Å². The van der Waals surface area contributed by atoms with E-state index in [1.807, 2.05) is 18.2 Å². The van der Waals surface area contributed by atoms with Crippen LogP contribution in [-0.4, -0.2) is 22.7 Å². The van der Waals surface area contributed by atoms with Crippen LogP contribution in [0.2, 0.25) is 0 Å². The van der Waals surface area contributed by atoms with Gasteiger partial charge in [-0.05, 0) is 50.3 Å². The Hall–Kier alpha value is -1.94. The minimum Gasteiger partial charge on any atom is -0.379 e. The summed E-state index contributed by atoms with van der Waals surface area (Å²) in [5, 5.41) is 0.950. The average Bonchev–Trinajstić information content (AvgIpc) is 2.58. The fourth-order valence-corrected chi connectivity index (χ4v) is 2.64. The van der Waals surface area contributed by atoms with Crippen molar-refractivity contribution in [2.75, 3.05) is 6.61 Å². The minimum atomic E-state index is -0.308. The van der Waals surface area contributed by atoms with Gasteiger partial charge >= 0.3 is 5.69 Å². The number of aromatic nitrogens is 2. The number of nitrogens with one attached hydrogen (secondary N) is 1. The highest BCUT2D eigenvalue weighted by atomic mass is 16.5. The molecule has 1 heterocycles. The summed E-state index contributed by atoms with van der Waals surface area (Å²) in [4.78, 5) is 17.7. The van der Waals surface area contributed by atoms with Crippen LogP contribution in [0.5, 0.6) is 0 Å². The van der Waals surface area contributed by atoms with Crippen molar-refractivity contribution < 1.29 is 4.74 Å². The molecule has 4 nitrogen and oxygen atoms in total. The zero-order chi connectivity index (χ0) is 17.2. The molecule has 0 spiro atoms. The second kappa shape index (κ2) is 10.0. The van der Waals surface area contributed by atoms with E-state index in [9.17, 15) is 4.79 Å². The van der Waals surface area contributed by atoms with Gasteiger partial charge in [-0.25, -0.2) is 9.78 Å². The molecule has 130 valence electrons. The number of hydrogen-bond acceptors (Lipinski definition) is 3. The van der Waals surface area contributed by atoms with Crippen LogP contribution in [0, 0.1) is 0 Å². The molecule has 0 aliphatic rings. The predicted octanol–water partition coefficient (Wildman–Crippen LogP) is 4.70. The SMILES string of the molecule is CCCCCOC(C)CCCC=Cc1ccc2[nH]c(=O)ncc2c1. The summed E-state index contributed by atoms with van der Waals surface area (Å²) in [6.07, 6.45) is 13.2. The van der Waals surface area contributed by atoms with Crippen molar-refractivity contribution in [2.45, 2.75) is 58.5 Å². The summed E-state index contributed by atoms with van der Waals surface area (Å²) in [7, 11) is 0. The zero-order valence-corrected chi connectivity index (χ0v) is 14.8. The molecule has 1 unspecified atom stereocenters. The highest BCUT2D eigenvalue weighted by Gasteiger charge is 2.01. The zero-order valence-electron chi connectivity index (χ0n) is 14.8. The van der Waals surface area contributed by atoms with Gasteiger partial charge in [0.1, 0.15) is 0 Å². The van der Waals surface area contributed by atoms with Crippen LogP contribution >= 0.6 is 0 Å². The Morgan fingerprint density at radius 3 is 3.00 bits per heavy atom. The van der Waals surface area contributed by atoms with Crippen molar-refractivity contribution in [3.05, 3.63) is 46.5 Å². The van der Waals surface area contributed by atoms with Gasteiger partial charge in [-0.15, -0.1) is 0 Å². The lowest BCUT2D eigenvalue weighted by molar-refractivity contribution is 0.0566. The Labute approximate surface area is 144 Å². The van der Waals surface area contributed by atoms with Crippen molar-refractivity contribution in [1.29, 1.82) is 0 Å². The Kier molecular flexibility index (Phi) is 7.69. The first-order chi connectivity index (χ1) is 11.7. The summed E-state index contributed by atoms with van der Waals surface area (Å²) in [6, 6.07) is 5.97. The molecular formula is C20H28N2O2. The van der Waals surface area contributed by atoms with E-state index >= 15 is 0 Å². The minimum absolute atomic E-state index is 0.308. The van der Waals surface area contributed by atoms with E-state index in [4.69, 9.17) is 4.74 Å². The summed E-state index contributed by atoms with van der Waals surface area (Å²) in [5.74, 6) is 0. The lowest BCUT2D eigenvalue weighted by Crippen LogP contribution is -2.08. The van der Waals surface area contributed by atoms with Crippen LogP contribution in [0.4, 0.5) is 0 Å². The third-order valence-corrected chi connectivity index (χ3v) is 4.08. The van der Waals surface area contributed by atoms with Crippen molar-refractivity contribution in [3.63, 3.8) is 0 Å². The fourth-order valence-electron chi connectivity index (χ4n) is 2.64. The van der Waals surface area contributed by atoms with E-state index in [1.54, 1.807) is 6.20 Å². The standard InChI is InChI=1S/C20H28N2O2/c1-3-4-8-13-24-16(2)9-6-5-7-10-17-11-12-19-18(14-17)15-21-20(23)22-19/h7,10-12,14-16H,3-6,8-9,13H2,1-2H3,(H,21,22,23). The number of rotatable bonds is 10. The van der Waals surface area contributed by atoms with E-state index in [-0.39, 0.29) is 5.69 Å². The third kappa shape index (κ3) is 6.28. The second-order valence-corrected chi connectivity index (χ2v) is 6.26. The van der Waals surface area contributed by atoms with Gasteiger partial charge in [0, 0.05) is 18.2 Å². The Bertz CT molecular complexity index is 706. The number of ether oxygens (including phenoxy) is 1. The monoisotopic (exact) mass is 328 g/mol. The summed E-state index contributed by atoms with van der Waals surface area (Å²) < 4.78 is 5.81. The first-order valence-corrected chi connectivity index (χ1v) is 8.96. The number of fused-ring (bicyclic) bond motifs is 1. The maximum absolute atomic E-state index is 11.2. The maximum atomic E-state index is 11.2. The Balaban J connectivity index is 1.72. The van der Waals surface area contributed by atoms with E-state index in [2.05, 4.69) is 36.0 Å². The normalized spacial score (nSPS) is 12.9. The van der Waals surface area contributed by atoms with Gasteiger partial charge in [0.2, 0.25) is 0 Å². The van der Waals surface area contributed by atoms with Crippen molar-refractivity contribution in [1.82, 2.24) is 9.97 Å². The molecule has 0 saturated carbocycles. The van der Waals surface area contributed by atoms with Crippen LogP contribution in [0.3, 0.4) is 0 Å². The van der Waals surface area contributed by atoms with Crippen LogP contribution in [0.25, 0.3) is 17.0 Å². The molecule has 1 aromatic heterocycles. The number of benzene rings is 1. The predicted molar refractivity (Wildman–Crippen MR) is 100 cm³/mol. The lowest BCUT2D eigenvalue weighted by Gasteiger charge is -2.11. The molecule has 4 heteroatoms. The van der Waals surface area contributed by atoms with Gasteiger partial charge in [0.15, 0.2) is 0 Å². The molecule has 1 aromatic carbocycles. The number of allylic oxidation sites excluding steroid dienone is 1. The van der Waals surface area contributed by atoms with Crippen molar-refractivity contribution in [3.8, 4) is 0 Å². The van der Waals surface area contributed by atoms with Gasteiger partial charge in [-0.2, -0.15) is 0 Å². The number of unbranched alkanes of at least 4 members (excludes halogenated alkanes) is 3. The van der Waals surface area contributed by atoms with E-state index < -0.39 is 0 Å². The van der Waals surface area contributed by atoms with Gasteiger partial charge < -0.3 is 9.72 Å². The Morgan fingerprint density at radius 2 is 2.17 bits per heavy atom. The van der Waals surface area contributed by atoms with Crippen LogP contribution < -0.4 is 5.69 Å². The molecule has 0 saturated heterocycles. The third-order valence-electron chi connectivity index (χ3n) is 4.08. The fraction of sp³-hybridized carbons (Fsp3) is 0.500.